The molecule has 2 aromatic carbocycles. The summed E-state index contributed by atoms with van der Waals surface area (Å²) in [6.45, 7) is 1.72. The molecule has 1 aliphatic rings. The van der Waals surface area contributed by atoms with E-state index in [1.807, 2.05) is 24.3 Å². The standard InChI is InChI=1S/C17H14ClFN2/c1-10-16(19)4-11(9-20)5-17(10)21-15-7-12-2-3-14(18)6-13(12)8-15/h2-6,15,21H,7-8H2,1H3. The van der Waals surface area contributed by atoms with Gasteiger partial charge in [0.2, 0.25) is 0 Å². The Bertz CT molecular complexity index is 749. The second-order valence-electron chi connectivity index (χ2n) is 5.40. The van der Waals surface area contributed by atoms with Crippen molar-refractivity contribution in [1.29, 1.82) is 5.26 Å². The number of anilines is 1. The predicted octanol–water partition coefficient (Wildman–Crippen LogP) is 4.24. The first-order valence-electron chi connectivity index (χ1n) is 6.81. The second kappa shape index (κ2) is 5.38. The van der Waals surface area contributed by atoms with Crippen molar-refractivity contribution in [3.05, 3.63) is 63.4 Å². The van der Waals surface area contributed by atoms with Crippen LogP contribution in [0.4, 0.5) is 10.1 Å². The van der Waals surface area contributed by atoms with E-state index in [0.717, 1.165) is 17.9 Å². The van der Waals surface area contributed by atoms with Crippen LogP contribution in [0.25, 0.3) is 0 Å². The highest BCUT2D eigenvalue weighted by Gasteiger charge is 2.22. The average molecular weight is 301 g/mol. The minimum atomic E-state index is -0.352. The van der Waals surface area contributed by atoms with Gasteiger partial charge in [0.1, 0.15) is 5.82 Å². The quantitative estimate of drug-likeness (QED) is 0.900. The van der Waals surface area contributed by atoms with Crippen molar-refractivity contribution in [2.24, 2.45) is 0 Å². The molecule has 0 amide bonds. The SMILES string of the molecule is Cc1c(F)cc(C#N)cc1NC1Cc2ccc(Cl)cc2C1. The molecular weight excluding hydrogens is 287 g/mol. The van der Waals surface area contributed by atoms with Crippen molar-refractivity contribution < 1.29 is 4.39 Å². The lowest BCUT2D eigenvalue weighted by atomic mass is 10.1. The number of benzene rings is 2. The topological polar surface area (TPSA) is 35.8 Å². The summed E-state index contributed by atoms with van der Waals surface area (Å²) < 4.78 is 13.8. The predicted molar refractivity (Wildman–Crippen MR) is 82.1 cm³/mol. The number of halogens is 2. The van der Waals surface area contributed by atoms with Gasteiger partial charge in [-0.3, -0.25) is 0 Å². The molecule has 2 aromatic rings. The molecule has 0 radical (unpaired) electrons. The van der Waals surface area contributed by atoms with Crippen LogP contribution in [0.5, 0.6) is 0 Å². The maximum atomic E-state index is 13.8. The van der Waals surface area contributed by atoms with Gasteiger partial charge in [-0.05, 0) is 55.2 Å². The first kappa shape index (κ1) is 13.9. The number of hydrogen-bond acceptors (Lipinski definition) is 2. The summed E-state index contributed by atoms with van der Waals surface area (Å²) in [4.78, 5) is 0. The van der Waals surface area contributed by atoms with Crippen molar-refractivity contribution in [3.8, 4) is 6.07 Å². The first-order chi connectivity index (χ1) is 10.1. The Balaban J connectivity index is 1.84. The molecule has 1 N–H and O–H groups in total. The molecule has 0 bridgehead atoms. The molecule has 0 saturated carbocycles. The second-order valence-corrected chi connectivity index (χ2v) is 5.84. The number of fused-ring (bicyclic) bond motifs is 1. The largest absolute Gasteiger partial charge is 0.381 e. The molecule has 3 rings (SSSR count). The maximum absolute atomic E-state index is 13.8. The van der Waals surface area contributed by atoms with Crippen LogP contribution in [0.2, 0.25) is 5.02 Å². The molecule has 106 valence electrons. The van der Waals surface area contributed by atoms with E-state index in [0.29, 0.717) is 16.8 Å². The van der Waals surface area contributed by atoms with Gasteiger partial charge in [-0.15, -0.1) is 0 Å². The Morgan fingerprint density at radius 1 is 1.24 bits per heavy atom. The van der Waals surface area contributed by atoms with Gasteiger partial charge in [0.05, 0.1) is 11.6 Å². The molecule has 0 fully saturated rings. The van der Waals surface area contributed by atoms with Gasteiger partial charge in [-0.25, -0.2) is 4.39 Å². The monoisotopic (exact) mass is 300 g/mol. The van der Waals surface area contributed by atoms with Crippen LogP contribution < -0.4 is 5.32 Å². The lowest BCUT2D eigenvalue weighted by molar-refractivity contribution is 0.617. The Labute approximate surface area is 128 Å². The molecule has 0 heterocycles. The number of hydrogen-bond donors (Lipinski definition) is 1. The van der Waals surface area contributed by atoms with Crippen LogP contribution >= 0.6 is 11.6 Å². The summed E-state index contributed by atoms with van der Waals surface area (Å²) in [7, 11) is 0. The van der Waals surface area contributed by atoms with Crippen molar-refractivity contribution >= 4 is 17.3 Å². The van der Waals surface area contributed by atoms with E-state index < -0.39 is 0 Å². The Morgan fingerprint density at radius 3 is 2.76 bits per heavy atom. The molecular formula is C17H14ClFN2. The smallest absolute Gasteiger partial charge is 0.129 e. The molecule has 4 heteroatoms. The summed E-state index contributed by atoms with van der Waals surface area (Å²) in [5.74, 6) is -0.352. The van der Waals surface area contributed by atoms with Crippen molar-refractivity contribution in [2.75, 3.05) is 5.32 Å². The Hall–Kier alpha value is -2.05. The lowest BCUT2D eigenvalue weighted by Gasteiger charge is -2.16. The Kier molecular flexibility index (Phi) is 3.57. The van der Waals surface area contributed by atoms with Crippen LogP contribution in [0, 0.1) is 24.1 Å². The molecule has 2 nitrogen and oxygen atoms in total. The van der Waals surface area contributed by atoms with Gasteiger partial charge < -0.3 is 5.32 Å². The van der Waals surface area contributed by atoms with Crippen molar-refractivity contribution in [1.82, 2.24) is 0 Å². The van der Waals surface area contributed by atoms with Gasteiger partial charge in [-0.2, -0.15) is 5.26 Å². The molecule has 0 aliphatic heterocycles. The van der Waals surface area contributed by atoms with E-state index in [1.165, 1.54) is 17.2 Å². The van der Waals surface area contributed by atoms with Gasteiger partial charge in [0.15, 0.2) is 0 Å². The van der Waals surface area contributed by atoms with E-state index in [4.69, 9.17) is 16.9 Å². The third kappa shape index (κ3) is 2.72. The third-order valence-electron chi connectivity index (χ3n) is 3.93. The highest BCUT2D eigenvalue weighted by Crippen LogP contribution is 2.29. The highest BCUT2D eigenvalue weighted by molar-refractivity contribution is 6.30. The van der Waals surface area contributed by atoms with Crippen LogP contribution in [0.15, 0.2) is 30.3 Å². The fourth-order valence-electron chi connectivity index (χ4n) is 2.80. The van der Waals surface area contributed by atoms with Crippen LogP contribution in [-0.2, 0) is 12.8 Å². The zero-order chi connectivity index (χ0) is 15.0. The van der Waals surface area contributed by atoms with Gasteiger partial charge in [0, 0.05) is 22.3 Å². The number of nitrogens with one attached hydrogen (secondary N) is 1. The lowest BCUT2D eigenvalue weighted by Crippen LogP contribution is -2.20. The van der Waals surface area contributed by atoms with Crippen molar-refractivity contribution in [2.45, 2.75) is 25.8 Å². The summed E-state index contributed by atoms with van der Waals surface area (Å²) >= 11 is 6.01. The maximum Gasteiger partial charge on any atom is 0.129 e. The zero-order valence-electron chi connectivity index (χ0n) is 11.6. The van der Waals surface area contributed by atoms with Crippen LogP contribution in [0.3, 0.4) is 0 Å². The van der Waals surface area contributed by atoms with E-state index in [9.17, 15) is 4.39 Å². The van der Waals surface area contributed by atoms with Gasteiger partial charge >= 0.3 is 0 Å². The third-order valence-corrected chi connectivity index (χ3v) is 4.17. The van der Waals surface area contributed by atoms with Crippen LogP contribution in [-0.4, -0.2) is 6.04 Å². The summed E-state index contributed by atoms with van der Waals surface area (Å²) in [6.07, 6.45) is 1.73. The number of rotatable bonds is 2. The normalized spacial score (nSPS) is 16.4. The molecule has 0 aromatic heterocycles. The van der Waals surface area contributed by atoms with E-state index in [2.05, 4.69) is 5.32 Å². The molecule has 0 saturated heterocycles. The van der Waals surface area contributed by atoms with E-state index in [-0.39, 0.29) is 11.9 Å². The fourth-order valence-corrected chi connectivity index (χ4v) is 3.00. The summed E-state index contributed by atoms with van der Waals surface area (Å²) in [5, 5.41) is 13.0. The van der Waals surface area contributed by atoms with Crippen molar-refractivity contribution in [3.63, 3.8) is 0 Å². The zero-order valence-corrected chi connectivity index (χ0v) is 12.3. The number of nitriles is 1. The molecule has 1 aliphatic carbocycles. The first-order valence-corrected chi connectivity index (χ1v) is 7.18. The van der Waals surface area contributed by atoms with Gasteiger partial charge in [-0.1, -0.05) is 17.7 Å². The van der Waals surface area contributed by atoms with E-state index in [1.54, 1.807) is 13.0 Å². The molecule has 1 unspecified atom stereocenters. The highest BCUT2D eigenvalue weighted by atomic mass is 35.5. The molecule has 21 heavy (non-hydrogen) atoms. The minimum Gasteiger partial charge on any atom is -0.381 e. The number of nitrogens with zero attached hydrogens (tertiary/aromatic N) is 1. The van der Waals surface area contributed by atoms with Gasteiger partial charge in [0.25, 0.3) is 0 Å². The minimum absolute atomic E-state index is 0.200. The summed E-state index contributed by atoms with van der Waals surface area (Å²) in [5.41, 5.74) is 4.07. The average Bonchev–Trinajstić information content (AvgIpc) is 2.85. The summed E-state index contributed by atoms with van der Waals surface area (Å²) in [6, 6.07) is 11.1. The Morgan fingerprint density at radius 2 is 2.00 bits per heavy atom. The van der Waals surface area contributed by atoms with Crippen LogP contribution in [0.1, 0.15) is 22.3 Å². The van der Waals surface area contributed by atoms with E-state index >= 15 is 0 Å². The molecule has 0 spiro atoms. The molecule has 1 atom stereocenters. The fraction of sp³-hybridized carbons (Fsp3) is 0.235.